The molecule has 4 rings (SSSR count). The highest BCUT2D eigenvalue weighted by atomic mass is 79.9. The normalized spacial score (nSPS) is 19.0. The first kappa shape index (κ1) is 22.6. The van der Waals surface area contributed by atoms with E-state index in [2.05, 4.69) is 26.2 Å². The summed E-state index contributed by atoms with van der Waals surface area (Å²) in [6.45, 7) is 0.456. The zero-order valence-corrected chi connectivity index (χ0v) is 19.7. The third kappa shape index (κ3) is 5.63. The molecule has 1 aliphatic rings. The first-order valence-corrected chi connectivity index (χ1v) is 11.7. The van der Waals surface area contributed by atoms with E-state index < -0.39 is 6.10 Å². The number of nitrogens with one attached hydrogen (secondary N) is 1. The Hall–Kier alpha value is -2.54. The highest BCUT2D eigenvalue weighted by Crippen LogP contribution is 2.26. The van der Waals surface area contributed by atoms with Crippen LogP contribution in [0.5, 0.6) is 0 Å². The number of aliphatic hydroxyl groups excluding tert-OH is 1. The summed E-state index contributed by atoms with van der Waals surface area (Å²) in [7, 11) is 1.79. The minimum atomic E-state index is -0.489. The molecule has 0 saturated carbocycles. The van der Waals surface area contributed by atoms with Crippen molar-refractivity contribution in [2.75, 3.05) is 7.05 Å². The van der Waals surface area contributed by atoms with Crippen LogP contribution in [0, 0.1) is 0 Å². The summed E-state index contributed by atoms with van der Waals surface area (Å²) in [5.74, 6) is -0.0247. The van der Waals surface area contributed by atoms with Gasteiger partial charge in [-0.2, -0.15) is 0 Å². The Morgan fingerprint density at radius 1 is 1.09 bits per heavy atom. The van der Waals surface area contributed by atoms with E-state index in [9.17, 15) is 9.90 Å². The van der Waals surface area contributed by atoms with Gasteiger partial charge in [-0.1, -0.05) is 48.5 Å². The summed E-state index contributed by atoms with van der Waals surface area (Å²) in [5.41, 5.74) is 3.65. The minimum absolute atomic E-state index is 0.0247. The van der Waals surface area contributed by atoms with Gasteiger partial charge >= 0.3 is 0 Å². The number of pyridine rings is 1. The van der Waals surface area contributed by atoms with Crippen LogP contribution in [0.2, 0.25) is 0 Å². The lowest BCUT2D eigenvalue weighted by Gasteiger charge is -2.20. The Balaban J connectivity index is 1.31. The topological polar surface area (TPSA) is 65.5 Å². The molecule has 1 saturated heterocycles. The predicted octanol–water partition coefficient (Wildman–Crippen LogP) is 4.51. The number of halogens is 1. The summed E-state index contributed by atoms with van der Waals surface area (Å²) >= 11 is 3.37. The van der Waals surface area contributed by atoms with E-state index in [4.69, 9.17) is 0 Å². The monoisotopic (exact) mass is 493 g/mol. The van der Waals surface area contributed by atoms with Gasteiger partial charge in [0.25, 0.3) is 5.91 Å². The van der Waals surface area contributed by atoms with Gasteiger partial charge in [-0.05, 0) is 70.6 Å². The third-order valence-electron chi connectivity index (χ3n) is 6.00. The van der Waals surface area contributed by atoms with Gasteiger partial charge in [-0.15, -0.1) is 0 Å². The first-order valence-electron chi connectivity index (χ1n) is 10.9. The molecule has 3 aromatic rings. The Morgan fingerprint density at radius 3 is 2.56 bits per heavy atom. The molecule has 2 aromatic carbocycles. The van der Waals surface area contributed by atoms with Crippen LogP contribution in [0.3, 0.4) is 0 Å². The summed E-state index contributed by atoms with van der Waals surface area (Å²) in [5, 5.41) is 14.3. The maximum Gasteiger partial charge on any atom is 0.253 e. The van der Waals surface area contributed by atoms with Gasteiger partial charge in [0.05, 0.1) is 18.3 Å². The van der Waals surface area contributed by atoms with Crippen LogP contribution >= 0.6 is 15.9 Å². The molecule has 1 fully saturated rings. The van der Waals surface area contributed by atoms with Crippen molar-refractivity contribution in [3.63, 3.8) is 0 Å². The molecule has 1 amide bonds. The third-order valence-corrected chi connectivity index (χ3v) is 6.44. The molecular weight excluding hydrogens is 466 g/mol. The Labute approximate surface area is 197 Å². The molecular formula is C26H28BrN3O2. The SMILES string of the molecule is CN(Cc1cccc(Br)n1)C(=O)c1ccc(C[C@@H]2CC[C@H]([C@H](O)c3ccccc3)N2)cc1. The zero-order chi connectivity index (χ0) is 22.5. The van der Waals surface area contributed by atoms with Crippen LogP contribution in [0.1, 0.15) is 46.1 Å². The number of nitrogens with zero attached hydrogens (tertiary/aromatic N) is 2. The smallest absolute Gasteiger partial charge is 0.253 e. The van der Waals surface area contributed by atoms with Gasteiger partial charge in [-0.25, -0.2) is 4.98 Å². The molecule has 5 nitrogen and oxygen atoms in total. The van der Waals surface area contributed by atoms with Crippen molar-refractivity contribution in [1.29, 1.82) is 0 Å². The van der Waals surface area contributed by atoms with E-state index in [1.807, 2.05) is 72.8 Å². The van der Waals surface area contributed by atoms with Crippen molar-refractivity contribution < 1.29 is 9.90 Å². The van der Waals surface area contributed by atoms with Gasteiger partial charge in [0.1, 0.15) is 4.60 Å². The van der Waals surface area contributed by atoms with E-state index >= 15 is 0 Å². The molecule has 0 radical (unpaired) electrons. The summed E-state index contributed by atoms with van der Waals surface area (Å²) in [6.07, 6.45) is 2.37. The number of hydrogen-bond acceptors (Lipinski definition) is 4. The largest absolute Gasteiger partial charge is 0.387 e. The van der Waals surface area contributed by atoms with Crippen LogP contribution < -0.4 is 5.32 Å². The number of rotatable bonds is 7. The highest BCUT2D eigenvalue weighted by molar-refractivity contribution is 9.10. The Bertz CT molecular complexity index is 1040. The zero-order valence-electron chi connectivity index (χ0n) is 18.1. The van der Waals surface area contributed by atoms with Crippen molar-refractivity contribution in [3.05, 3.63) is 99.8 Å². The lowest BCUT2D eigenvalue weighted by atomic mass is 10.0. The molecule has 1 aromatic heterocycles. The molecule has 32 heavy (non-hydrogen) atoms. The average Bonchev–Trinajstić information content (AvgIpc) is 3.27. The van der Waals surface area contributed by atoms with Gasteiger partial charge in [0.2, 0.25) is 0 Å². The molecule has 3 atom stereocenters. The van der Waals surface area contributed by atoms with Crippen molar-refractivity contribution >= 4 is 21.8 Å². The van der Waals surface area contributed by atoms with Crippen molar-refractivity contribution in [2.45, 2.75) is 44.0 Å². The molecule has 0 unspecified atom stereocenters. The van der Waals surface area contributed by atoms with Crippen LogP contribution in [-0.4, -0.2) is 40.0 Å². The fourth-order valence-electron chi connectivity index (χ4n) is 4.28. The quantitative estimate of drug-likeness (QED) is 0.475. The van der Waals surface area contributed by atoms with Crippen molar-refractivity contribution in [1.82, 2.24) is 15.2 Å². The lowest BCUT2D eigenvalue weighted by molar-refractivity contribution is 0.0783. The molecule has 2 N–H and O–H groups in total. The lowest BCUT2D eigenvalue weighted by Crippen LogP contribution is -2.35. The van der Waals surface area contributed by atoms with Crippen LogP contribution in [0.4, 0.5) is 0 Å². The summed E-state index contributed by atoms with van der Waals surface area (Å²) in [6, 6.07) is 23.8. The molecule has 1 aliphatic heterocycles. The number of benzene rings is 2. The van der Waals surface area contributed by atoms with E-state index in [0.29, 0.717) is 18.2 Å². The van der Waals surface area contributed by atoms with E-state index in [1.54, 1.807) is 11.9 Å². The summed E-state index contributed by atoms with van der Waals surface area (Å²) in [4.78, 5) is 18.9. The maximum atomic E-state index is 12.8. The van der Waals surface area contributed by atoms with E-state index in [0.717, 1.165) is 35.1 Å². The van der Waals surface area contributed by atoms with Crippen molar-refractivity contribution in [3.8, 4) is 0 Å². The molecule has 0 bridgehead atoms. The van der Waals surface area contributed by atoms with Gasteiger partial charge in [0.15, 0.2) is 0 Å². The molecule has 166 valence electrons. The number of carbonyl (C=O) groups excluding carboxylic acids is 1. The minimum Gasteiger partial charge on any atom is -0.387 e. The predicted molar refractivity (Wildman–Crippen MR) is 129 cm³/mol. The second-order valence-corrected chi connectivity index (χ2v) is 9.23. The number of aromatic nitrogens is 1. The fraction of sp³-hybridized carbons (Fsp3) is 0.308. The average molecular weight is 494 g/mol. The second kappa shape index (κ2) is 10.4. The molecule has 0 aliphatic carbocycles. The number of hydrogen-bond donors (Lipinski definition) is 2. The first-order chi connectivity index (χ1) is 15.5. The van der Waals surface area contributed by atoms with Gasteiger partial charge < -0.3 is 15.3 Å². The Kier molecular flexibility index (Phi) is 7.35. The second-order valence-electron chi connectivity index (χ2n) is 8.42. The standard InChI is InChI=1S/C26H28BrN3O2/c1-30(17-22-8-5-9-24(27)29-22)26(32)20-12-10-18(11-13-20)16-21-14-15-23(28-21)25(31)19-6-3-2-4-7-19/h2-13,21,23,25,28,31H,14-17H2,1H3/t21-,23+,25+/m0/s1. The summed E-state index contributed by atoms with van der Waals surface area (Å²) < 4.78 is 0.763. The van der Waals surface area contributed by atoms with E-state index in [-0.39, 0.29) is 11.9 Å². The molecule has 2 heterocycles. The van der Waals surface area contributed by atoms with Crippen LogP contribution in [-0.2, 0) is 13.0 Å². The van der Waals surface area contributed by atoms with Gasteiger partial charge in [0, 0.05) is 24.7 Å². The fourth-order valence-corrected chi connectivity index (χ4v) is 4.66. The van der Waals surface area contributed by atoms with E-state index in [1.165, 1.54) is 5.56 Å². The number of carbonyl (C=O) groups is 1. The van der Waals surface area contributed by atoms with Gasteiger partial charge in [-0.3, -0.25) is 4.79 Å². The van der Waals surface area contributed by atoms with Crippen LogP contribution in [0.15, 0.2) is 77.4 Å². The number of amides is 1. The number of aliphatic hydroxyl groups is 1. The highest BCUT2D eigenvalue weighted by Gasteiger charge is 2.29. The molecule has 6 heteroatoms. The Morgan fingerprint density at radius 2 is 1.84 bits per heavy atom. The van der Waals surface area contributed by atoms with Crippen molar-refractivity contribution in [2.24, 2.45) is 0 Å². The maximum absolute atomic E-state index is 12.8. The van der Waals surface area contributed by atoms with Crippen LogP contribution in [0.25, 0.3) is 0 Å². The molecule has 0 spiro atoms.